The van der Waals surface area contributed by atoms with Crippen LogP contribution in [0.25, 0.3) is 11.1 Å². The summed E-state index contributed by atoms with van der Waals surface area (Å²) in [6.45, 7) is 7.24. The number of aliphatic hydroxyl groups is 2. The molecule has 2 N–H and O–H groups in total. The molecule has 0 unspecified atom stereocenters. The number of hydrogen-bond donors (Lipinski definition) is 2. The molecule has 0 heterocycles. The first-order valence-electron chi connectivity index (χ1n) is 8.01. The molecule has 0 fully saturated rings. The Hall–Kier alpha value is -2.43. The molecular formula is C21H23FO3. The minimum atomic E-state index is -1.29. The molecule has 132 valence electrons. The fourth-order valence-corrected chi connectivity index (χ4v) is 2.93. The topological polar surface area (TPSA) is 49.7 Å². The second kappa shape index (κ2) is 8.10. The Bertz CT molecular complexity index is 758. The van der Waals surface area contributed by atoms with Crippen LogP contribution in [0, 0.1) is 5.82 Å². The van der Waals surface area contributed by atoms with Gasteiger partial charge in [0.2, 0.25) is 0 Å². The maximum Gasteiger partial charge on any atom is 0.131 e. The van der Waals surface area contributed by atoms with Crippen LogP contribution in [0.5, 0.6) is 5.75 Å². The van der Waals surface area contributed by atoms with Crippen LogP contribution in [0.3, 0.4) is 0 Å². The molecule has 0 saturated carbocycles. The van der Waals surface area contributed by atoms with E-state index in [0.29, 0.717) is 28.0 Å². The smallest absolute Gasteiger partial charge is 0.131 e. The van der Waals surface area contributed by atoms with Crippen molar-refractivity contribution in [2.75, 3.05) is 7.11 Å². The lowest BCUT2D eigenvalue weighted by molar-refractivity contribution is 0.0434. The molecule has 0 saturated heterocycles. The summed E-state index contributed by atoms with van der Waals surface area (Å²) in [4.78, 5) is 0. The van der Waals surface area contributed by atoms with Crippen molar-refractivity contribution in [2.45, 2.75) is 25.0 Å². The van der Waals surface area contributed by atoms with E-state index in [1.807, 2.05) is 0 Å². The summed E-state index contributed by atoms with van der Waals surface area (Å²) in [7, 11) is 1.51. The maximum absolute atomic E-state index is 14.5. The highest BCUT2D eigenvalue weighted by atomic mass is 19.1. The minimum absolute atomic E-state index is 0.174. The monoisotopic (exact) mass is 342 g/mol. The lowest BCUT2D eigenvalue weighted by Crippen LogP contribution is -2.25. The molecule has 3 nitrogen and oxygen atoms in total. The van der Waals surface area contributed by atoms with E-state index in [1.54, 1.807) is 42.5 Å². The average molecular weight is 342 g/mol. The summed E-state index contributed by atoms with van der Waals surface area (Å²) < 4.78 is 19.7. The Morgan fingerprint density at radius 1 is 1.08 bits per heavy atom. The molecule has 0 amide bonds. The predicted octanol–water partition coefficient (Wildman–Crippen LogP) is 4.33. The average Bonchev–Trinajstić information content (AvgIpc) is 2.62. The van der Waals surface area contributed by atoms with Gasteiger partial charge < -0.3 is 14.9 Å². The van der Waals surface area contributed by atoms with E-state index in [2.05, 4.69) is 13.2 Å². The van der Waals surface area contributed by atoms with Crippen LogP contribution >= 0.6 is 0 Å². The molecule has 0 aliphatic heterocycles. The Morgan fingerprint density at radius 3 is 2.32 bits per heavy atom. The lowest BCUT2D eigenvalue weighted by atomic mass is 9.81. The van der Waals surface area contributed by atoms with Crippen LogP contribution in [-0.2, 0) is 12.2 Å². The molecule has 0 aliphatic carbocycles. The third kappa shape index (κ3) is 3.98. The van der Waals surface area contributed by atoms with Gasteiger partial charge >= 0.3 is 0 Å². The number of ether oxygens (including phenoxy) is 1. The van der Waals surface area contributed by atoms with Gasteiger partial charge in [-0.3, -0.25) is 0 Å². The molecule has 25 heavy (non-hydrogen) atoms. The highest BCUT2D eigenvalue weighted by Crippen LogP contribution is 2.39. The molecule has 0 aromatic heterocycles. The van der Waals surface area contributed by atoms with Crippen molar-refractivity contribution in [1.82, 2.24) is 0 Å². The van der Waals surface area contributed by atoms with E-state index in [1.165, 1.54) is 13.2 Å². The van der Waals surface area contributed by atoms with Gasteiger partial charge in [0.1, 0.15) is 11.6 Å². The molecular weight excluding hydrogens is 319 g/mol. The maximum atomic E-state index is 14.5. The van der Waals surface area contributed by atoms with Gasteiger partial charge in [-0.25, -0.2) is 4.39 Å². The number of halogens is 1. The Kier molecular flexibility index (Phi) is 6.12. The summed E-state index contributed by atoms with van der Waals surface area (Å²) >= 11 is 0. The highest BCUT2D eigenvalue weighted by molar-refractivity contribution is 5.71. The highest BCUT2D eigenvalue weighted by Gasteiger charge is 2.30. The third-order valence-electron chi connectivity index (χ3n) is 4.20. The third-order valence-corrected chi connectivity index (χ3v) is 4.20. The lowest BCUT2D eigenvalue weighted by Gasteiger charge is -2.29. The standard InChI is InChI=1S/C21H23FO3/c1-4-10-21(24,11-5-2)19-12-15(14-23)6-8-17(19)18-13-16(25-3)7-9-20(18)22/h4-9,12-13,23-24H,1-2,10-11,14H2,3H3. The predicted molar refractivity (Wildman–Crippen MR) is 97.8 cm³/mol. The molecule has 0 atom stereocenters. The van der Waals surface area contributed by atoms with Crippen molar-refractivity contribution >= 4 is 0 Å². The first-order valence-corrected chi connectivity index (χ1v) is 8.01. The number of benzene rings is 2. The normalized spacial score (nSPS) is 11.2. The first-order chi connectivity index (χ1) is 12.0. The summed E-state index contributed by atoms with van der Waals surface area (Å²) in [5, 5.41) is 20.7. The van der Waals surface area contributed by atoms with Crippen LogP contribution in [-0.4, -0.2) is 17.3 Å². The molecule has 2 rings (SSSR count). The fourth-order valence-electron chi connectivity index (χ4n) is 2.93. The largest absolute Gasteiger partial charge is 0.497 e. The van der Waals surface area contributed by atoms with Gasteiger partial charge in [0.25, 0.3) is 0 Å². The van der Waals surface area contributed by atoms with Crippen molar-refractivity contribution in [3.05, 3.63) is 78.7 Å². The van der Waals surface area contributed by atoms with E-state index >= 15 is 0 Å². The van der Waals surface area contributed by atoms with Gasteiger partial charge in [0, 0.05) is 5.56 Å². The molecule has 0 bridgehead atoms. The van der Waals surface area contributed by atoms with E-state index in [4.69, 9.17) is 4.74 Å². The van der Waals surface area contributed by atoms with Gasteiger partial charge in [-0.05, 0) is 53.8 Å². The summed E-state index contributed by atoms with van der Waals surface area (Å²) in [6.07, 6.45) is 3.76. The molecule has 0 radical (unpaired) electrons. The zero-order chi connectivity index (χ0) is 18.4. The van der Waals surface area contributed by atoms with Gasteiger partial charge in [-0.2, -0.15) is 0 Å². The quantitative estimate of drug-likeness (QED) is 0.702. The number of hydrogen-bond acceptors (Lipinski definition) is 3. The van der Waals surface area contributed by atoms with Gasteiger partial charge in [0.15, 0.2) is 0 Å². The van der Waals surface area contributed by atoms with Crippen LogP contribution in [0.1, 0.15) is 24.0 Å². The van der Waals surface area contributed by atoms with Gasteiger partial charge in [0.05, 0.1) is 19.3 Å². The molecule has 4 heteroatoms. The van der Waals surface area contributed by atoms with Crippen LogP contribution in [0.4, 0.5) is 4.39 Å². The second-order valence-electron chi connectivity index (χ2n) is 5.90. The summed E-state index contributed by atoms with van der Waals surface area (Å²) in [5.41, 5.74) is 0.726. The van der Waals surface area contributed by atoms with E-state index in [9.17, 15) is 14.6 Å². The number of methoxy groups -OCH3 is 1. The number of aliphatic hydroxyl groups excluding tert-OH is 1. The van der Waals surface area contributed by atoms with Crippen molar-refractivity contribution in [3.63, 3.8) is 0 Å². The van der Waals surface area contributed by atoms with Crippen molar-refractivity contribution in [3.8, 4) is 16.9 Å². The second-order valence-corrected chi connectivity index (χ2v) is 5.90. The fraction of sp³-hybridized carbons (Fsp3) is 0.238. The Balaban J connectivity index is 2.74. The molecule has 2 aromatic carbocycles. The van der Waals surface area contributed by atoms with Crippen LogP contribution in [0.2, 0.25) is 0 Å². The van der Waals surface area contributed by atoms with Gasteiger partial charge in [-0.1, -0.05) is 24.3 Å². The molecule has 0 spiro atoms. The number of rotatable bonds is 8. The zero-order valence-electron chi connectivity index (χ0n) is 14.3. The van der Waals surface area contributed by atoms with E-state index < -0.39 is 11.4 Å². The summed E-state index contributed by atoms with van der Waals surface area (Å²) in [6, 6.07) is 9.57. The first kappa shape index (κ1) is 18.9. The van der Waals surface area contributed by atoms with Gasteiger partial charge in [-0.15, -0.1) is 13.2 Å². The Labute approximate surface area is 147 Å². The summed E-state index contributed by atoms with van der Waals surface area (Å²) in [5.74, 6) is 0.0999. The molecule has 2 aromatic rings. The SMILES string of the molecule is C=CCC(O)(CC=C)c1cc(CO)ccc1-c1cc(OC)ccc1F. The van der Waals surface area contributed by atoms with Crippen LogP contribution < -0.4 is 4.74 Å². The van der Waals surface area contributed by atoms with Crippen LogP contribution in [0.15, 0.2) is 61.7 Å². The zero-order valence-corrected chi connectivity index (χ0v) is 14.3. The minimum Gasteiger partial charge on any atom is -0.497 e. The van der Waals surface area contributed by atoms with Crippen molar-refractivity contribution in [1.29, 1.82) is 0 Å². The molecule has 0 aliphatic rings. The van der Waals surface area contributed by atoms with E-state index in [-0.39, 0.29) is 19.4 Å². The van der Waals surface area contributed by atoms with Crippen molar-refractivity contribution < 1.29 is 19.3 Å². The Morgan fingerprint density at radius 2 is 1.76 bits per heavy atom. The van der Waals surface area contributed by atoms with E-state index in [0.717, 1.165) is 0 Å². The van der Waals surface area contributed by atoms with Crippen molar-refractivity contribution in [2.24, 2.45) is 0 Å².